The van der Waals surface area contributed by atoms with E-state index in [1.807, 2.05) is 0 Å². The van der Waals surface area contributed by atoms with Crippen molar-refractivity contribution in [2.45, 2.75) is 0 Å². The van der Waals surface area contributed by atoms with Crippen LogP contribution < -0.4 is 18.9 Å². The van der Waals surface area contributed by atoms with E-state index in [1.165, 1.54) is 51.7 Å². The largest absolute Gasteiger partial charge is 0.504 e. The molecule has 0 bridgehead atoms. The Morgan fingerprint density at radius 2 is 1.36 bits per heavy atom. The molecule has 8 nitrogen and oxygen atoms in total. The van der Waals surface area contributed by atoms with Crippen molar-refractivity contribution < 1.29 is 38.7 Å². The van der Waals surface area contributed by atoms with Gasteiger partial charge in [0.1, 0.15) is 0 Å². The van der Waals surface area contributed by atoms with Crippen molar-refractivity contribution in [2.75, 3.05) is 21.3 Å². The average Bonchev–Trinajstić information content (AvgIpc) is 2.61. The molecule has 0 saturated carbocycles. The zero-order chi connectivity index (χ0) is 18.6. The van der Waals surface area contributed by atoms with Gasteiger partial charge in [0.25, 0.3) is 0 Å². The van der Waals surface area contributed by atoms with Crippen LogP contribution in [0.2, 0.25) is 0 Å². The van der Waals surface area contributed by atoms with Crippen LogP contribution in [0.15, 0.2) is 30.3 Å². The number of carboxylic acid groups (broad SMARTS) is 1. The van der Waals surface area contributed by atoms with Crippen molar-refractivity contribution >= 4 is 11.9 Å². The van der Waals surface area contributed by atoms with E-state index in [2.05, 4.69) is 0 Å². The number of rotatable bonds is 6. The summed E-state index contributed by atoms with van der Waals surface area (Å²) in [7, 11) is 3.96. The van der Waals surface area contributed by atoms with Gasteiger partial charge in [0.2, 0.25) is 5.75 Å². The number of aromatic carboxylic acids is 1. The molecule has 0 saturated heterocycles. The van der Waals surface area contributed by atoms with Crippen LogP contribution in [0, 0.1) is 0 Å². The summed E-state index contributed by atoms with van der Waals surface area (Å²) in [6, 6.07) is 6.38. The molecule has 8 heteroatoms. The number of benzene rings is 2. The summed E-state index contributed by atoms with van der Waals surface area (Å²) in [5.41, 5.74) is 0.0286. The van der Waals surface area contributed by atoms with Crippen molar-refractivity contribution in [3.63, 3.8) is 0 Å². The molecule has 0 aliphatic carbocycles. The number of methoxy groups -OCH3 is 3. The molecule has 25 heavy (non-hydrogen) atoms. The van der Waals surface area contributed by atoms with Gasteiger partial charge in [-0.2, -0.15) is 0 Å². The van der Waals surface area contributed by atoms with Gasteiger partial charge in [0.15, 0.2) is 23.0 Å². The first-order valence-corrected chi connectivity index (χ1v) is 6.99. The van der Waals surface area contributed by atoms with Gasteiger partial charge < -0.3 is 29.2 Å². The molecule has 2 aromatic carbocycles. The van der Waals surface area contributed by atoms with E-state index in [1.54, 1.807) is 0 Å². The van der Waals surface area contributed by atoms with Gasteiger partial charge in [-0.25, -0.2) is 9.59 Å². The first-order chi connectivity index (χ1) is 11.9. The fraction of sp³-hybridized carbons (Fsp3) is 0.176. The van der Waals surface area contributed by atoms with E-state index in [4.69, 9.17) is 24.1 Å². The summed E-state index contributed by atoms with van der Waals surface area (Å²) >= 11 is 0. The molecule has 0 radical (unpaired) electrons. The Bertz CT molecular complexity index is 787. The van der Waals surface area contributed by atoms with Gasteiger partial charge in [-0.15, -0.1) is 0 Å². The Balaban J connectivity index is 2.42. The maximum absolute atomic E-state index is 12.4. The first-order valence-electron chi connectivity index (χ1n) is 6.99. The van der Waals surface area contributed by atoms with Crippen LogP contribution in [0.5, 0.6) is 28.7 Å². The predicted octanol–water partition coefficient (Wildman–Crippen LogP) is 2.34. The SMILES string of the molecule is COc1cc(C(=O)Oc2c(OC)cc(C(=O)O)cc2OC)ccc1O. The number of phenols is 1. The van der Waals surface area contributed by atoms with Gasteiger partial charge >= 0.3 is 11.9 Å². The van der Waals surface area contributed by atoms with E-state index < -0.39 is 11.9 Å². The molecular weight excluding hydrogens is 332 g/mol. The number of carboxylic acids is 1. The highest BCUT2D eigenvalue weighted by Crippen LogP contribution is 2.39. The molecule has 0 unspecified atom stereocenters. The van der Waals surface area contributed by atoms with Crippen LogP contribution in [-0.4, -0.2) is 43.5 Å². The lowest BCUT2D eigenvalue weighted by atomic mass is 10.1. The summed E-state index contributed by atoms with van der Waals surface area (Å²) < 4.78 is 20.4. The minimum atomic E-state index is -1.18. The van der Waals surface area contributed by atoms with Crippen LogP contribution in [-0.2, 0) is 0 Å². The molecule has 0 fully saturated rings. The Morgan fingerprint density at radius 3 is 1.84 bits per heavy atom. The monoisotopic (exact) mass is 348 g/mol. The summed E-state index contributed by atoms with van der Waals surface area (Å²) in [6.07, 6.45) is 0. The lowest BCUT2D eigenvalue weighted by molar-refractivity contribution is 0.0696. The molecule has 0 aliphatic rings. The third-order valence-corrected chi connectivity index (χ3v) is 3.32. The number of phenolic OH excluding ortho intramolecular Hbond substituents is 1. The Morgan fingerprint density at radius 1 is 0.840 bits per heavy atom. The van der Waals surface area contributed by atoms with Crippen molar-refractivity contribution in [2.24, 2.45) is 0 Å². The molecule has 132 valence electrons. The third-order valence-electron chi connectivity index (χ3n) is 3.32. The predicted molar refractivity (Wildman–Crippen MR) is 86.1 cm³/mol. The number of esters is 1. The zero-order valence-corrected chi connectivity index (χ0v) is 13.7. The minimum Gasteiger partial charge on any atom is -0.504 e. The fourth-order valence-electron chi connectivity index (χ4n) is 2.06. The number of aromatic hydroxyl groups is 1. The lowest BCUT2D eigenvalue weighted by Crippen LogP contribution is -2.11. The second kappa shape index (κ2) is 7.43. The smallest absolute Gasteiger partial charge is 0.343 e. The summed E-state index contributed by atoms with van der Waals surface area (Å²) in [6.45, 7) is 0. The number of carbonyl (C=O) groups excluding carboxylic acids is 1. The van der Waals surface area contributed by atoms with Crippen LogP contribution in [0.25, 0.3) is 0 Å². The summed E-state index contributed by atoms with van der Waals surface area (Å²) in [4.78, 5) is 23.5. The Hall–Kier alpha value is -3.42. The highest BCUT2D eigenvalue weighted by atomic mass is 16.6. The highest BCUT2D eigenvalue weighted by molar-refractivity contribution is 5.94. The summed E-state index contributed by atoms with van der Waals surface area (Å²) in [5, 5.41) is 18.7. The first kappa shape index (κ1) is 17.9. The lowest BCUT2D eigenvalue weighted by Gasteiger charge is -2.14. The Kier molecular flexibility index (Phi) is 5.33. The van der Waals surface area contributed by atoms with Gasteiger partial charge in [-0.05, 0) is 30.3 Å². The molecule has 2 rings (SSSR count). The van der Waals surface area contributed by atoms with Crippen molar-refractivity contribution in [3.8, 4) is 28.7 Å². The van der Waals surface area contributed by atoms with Gasteiger partial charge in [-0.1, -0.05) is 0 Å². The molecule has 2 aromatic rings. The van der Waals surface area contributed by atoms with Crippen LogP contribution >= 0.6 is 0 Å². The molecule has 2 N–H and O–H groups in total. The van der Waals surface area contributed by atoms with Gasteiger partial charge in [0.05, 0.1) is 32.5 Å². The molecule has 0 spiro atoms. The molecule has 0 heterocycles. The van der Waals surface area contributed by atoms with E-state index in [-0.39, 0.29) is 39.9 Å². The number of hydrogen-bond donors (Lipinski definition) is 2. The zero-order valence-electron chi connectivity index (χ0n) is 13.7. The Labute approximate surface area is 143 Å². The maximum atomic E-state index is 12.4. The van der Waals surface area contributed by atoms with Crippen LogP contribution in [0.3, 0.4) is 0 Å². The topological polar surface area (TPSA) is 112 Å². The quantitative estimate of drug-likeness (QED) is 0.604. The van der Waals surface area contributed by atoms with E-state index in [0.29, 0.717) is 0 Å². The standard InChI is InChI=1S/C17H16O8/c1-22-12-6-9(4-5-11(12)18)17(21)25-15-13(23-2)7-10(16(19)20)8-14(15)24-3/h4-8,18H,1-3H3,(H,19,20). The van der Waals surface area contributed by atoms with E-state index in [0.717, 1.165) is 0 Å². The molecule has 0 amide bonds. The average molecular weight is 348 g/mol. The van der Waals surface area contributed by atoms with E-state index in [9.17, 15) is 14.7 Å². The van der Waals surface area contributed by atoms with Crippen LogP contribution in [0.4, 0.5) is 0 Å². The summed E-state index contributed by atoms with van der Waals surface area (Å²) in [5.74, 6) is -1.98. The van der Waals surface area contributed by atoms with Crippen LogP contribution in [0.1, 0.15) is 20.7 Å². The highest BCUT2D eigenvalue weighted by Gasteiger charge is 2.21. The molecule has 0 aliphatic heterocycles. The van der Waals surface area contributed by atoms with Crippen molar-refractivity contribution in [3.05, 3.63) is 41.5 Å². The molecule has 0 atom stereocenters. The number of carbonyl (C=O) groups is 2. The van der Waals surface area contributed by atoms with E-state index >= 15 is 0 Å². The second-order valence-corrected chi connectivity index (χ2v) is 4.79. The molecular formula is C17H16O8. The van der Waals surface area contributed by atoms with Gasteiger partial charge in [0, 0.05) is 0 Å². The fourth-order valence-corrected chi connectivity index (χ4v) is 2.06. The number of ether oxygens (including phenoxy) is 4. The molecule has 0 aromatic heterocycles. The number of hydrogen-bond acceptors (Lipinski definition) is 7. The minimum absolute atomic E-state index is 0.0239. The maximum Gasteiger partial charge on any atom is 0.343 e. The normalized spacial score (nSPS) is 10.0. The third kappa shape index (κ3) is 3.74. The van der Waals surface area contributed by atoms with Crippen molar-refractivity contribution in [1.29, 1.82) is 0 Å². The second-order valence-electron chi connectivity index (χ2n) is 4.79. The van der Waals surface area contributed by atoms with Crippen molar-refractivity contribution in [1.82, 2.24) is 0 Å². The van der Waals surface area contributed by atoms with Gasteiger partial charge in [-0.3, -0.25) is 0 Å².